The maximum absolute atomic E-state index is 12.0. The van der Waals surface area contributed by atoms with Gasteiger partial charge in [0.1, 0.15) is 5.60 Å². The van der Waals surface area contributed by atoms with Crippen LogP contribution in [0.2, 0.25) is 0 Å². The second-order valence-corrected chi connectivity index (χ2v) is 5.70. The molecule has 0 aromatic heterocycles. The Balaban J connectivity index is 2.88. The summed E-state index contributed by atoms with van der Waals surface area (Å²) in [5, 5.41) is 9.54. The Bertz CT molecular complexity index is 437. The zero-order valence-corrected chi connectivity index (χ0v) is 12.3. The largest absolute Gasteiger partial charge is 0.444 e. The molecule has 0 bridgehead atoms. The van der Waals surface area contributed by atoms with E-state index in [1.54, 1.807) is 7.05 Å². The second-order valence-electron chi connectivity index (χ2n) is 5.70. The quantitative estimate of drug-likeness (QED) is 0.914. The number of benzene rings is 1. The first-order chi connectivity index (χ1) is 8.74. The zero-order chi connectivity index (χ0) is 14.6. The Morgan fingerprint density at radius 1 is 1.42 bits per heavy atom. The summed E-state index contributed by atoms with van der Waals surface area (Å²) in [4.78, 5) is 13.4. The third-order valence-corrected chi connectivity index (χ3v) is 2.75. The number of ether oxygens (including phenoxy) is 1. The molecule has 0 aliphatic rings. The molecule has 0 aliphatic carbocycles. The third-order valence-electron chi connectivity index (χ3n) is 2.75. The van der Waals surface area contributed by atoms with Gasteiger partial charge in [0.05, 0.1) is 12.6 Å². The summed E-state index contributed by atoms with van der Waals surface area (Å²) < 4.78 is 5.31. The number of hydrogen-bond acceptors (Lipinski definition) is 3. The lowest BCUT2D eigenvalue weighted by molar-refractivity contribution is 0.0159. The van der Waals surface area contributed by atoms with Crippen LogP contribution in [-0.2, 0) is 4.74 Å². The summed E-state index contributed by atoms with van der Waals surface area (Å²) in [6.07, 6.45) is -0.437. The molecule has 1 aromatic carbocycles. The minimum Gasteiger partial charge on any atom is -0.444 e. The Hall–Kier alpha value is -1.55. The monoisotopic (exact) mass is 265 g/mol. The van der Waals surface area contributed by atoms with Gasteiger partial charge < -0.3 is 14.7 Å². The van der Waals surface area contributed by atoms with Crippen LogP contribution in [0.1, 0.15) is 37.9 Å². The molecule has 1 unspecified atom stereocenters. The number of carbonyl (C=O) groups is 1. The van der Waals surface area contributed by atoms with Crippen molar-refractivity contribution in [2.75, 3.05) is 13.7 Å². The fourth-order valence-corrected chi connectivity index (χ4v) is 1.79. The maximum Gasteiger partial charge on any atom is 0.410 e. The molecule has 0 saturated heterocycles. The number of nitrogens with zero attached hydrogens (tertiary/aromatic N) is 1. The van der Waals surface area contributed by atoms with Gasteiger partial charge in [0.25, 0.3) is 0 Å². The Morgan fingerprint density at radius 3 is 2.53 bits per heavy atom. The molecule has 0 fully saturated rings. The minimum atomic E-state index is -0.544. The number of rotatable bonds is 3. The van der Waals surface area contributed by atoms with Crippen LogP contribution in [0.5, 0.6) is 0 Å². The van der Waals surface area contributed by atoms with Crippen LogP contribution in [0.25, 0.3) is 0 Å². The molecule has 1 N–H and O–H groups in total. The summed E-state index contributed by atoms with van der Waals surface area (Å²) in [5.74, 6) is 0. The predicted molar refractivity (Wildman–Crippen MR) is 75.0 cm³/mol. The van der Waals surface area contributed by atoms with Crippen molar-refractivity contribution >= 4 is 6.09 Å². The van der Waals surface area contributed by atoms with Gasteiger partial charge in [0.2, 0.25) is 0 Å². The summed E-state index contributed by atoms with van der Waals surface area (Å²) >= 11 is 0. The molecule has 4 nitrogen and oxygen atoms in total. The number of carbonyl (C=O) groups excluding carboxylic acids is 1. The second kappa shape index (κ2) is 6.06. The smallest absolute Gasteiger partial charge is 0.410 e. The highest BCUT2D eigenvalue weighted by molar-refractivity contribution is 5.68. The first-order valence-corrected chi connectivity index (χ1v) is 6.38. The van der Waals surface area contributed by atoms with Crippen molar-refractivity contribution in [3.8, 4) is 0 Å². The summed E-state index contributed by atoms with van der Waals surface area (Å²) in [7, 11) is 1.64. The highest BCUT2D eigenvalue weighted by Crippen LogP contribution is 2.22. The van der Waals surface area contributed by atoms with Gasteiger partial charge in [-0.2, -0.15) is 0 Å². The van der Waals surface area contributed by atoms with Gasteiger partial charge in [0, 0.05) is 7.05 Å². The van der Waals surface area contributed by atoms with Crippen molar-refractivity contribution in [1.29, 1.82) is 0 Å². The molecule has 0 heterocycles. The number of hydrogen-bond donors (Lipinski definition) is 1. The molecule has 0 saturated carbocycles. The van der Waals surface area contributed by atoms with Crippen LogP contribution in [-0.4, -0.2) is 35.4 Å². The summed E-state index contributed by atoms with van der Waals surface area (Å²) in [6, 6.07) is 7.35. The third kappa shape index (κ3) is 4.56. The molecule has 1 aromatic rings. The molecule has 0 aliphatic heterocycles. The van der Waals surface area contributed by atoms with E-state index in [0.29, 0.717) is 0 Å². The van der Waals surface area contributed by atoms with Crippen LogP contribution >= 0.6 is 0 Å². The number of aryl methyl sites for hydroxylation is 1. The molecule has 106 valence electrons. The van der Waals surface area contributed by atoms with Crippen LogP contribution in [0.15, 0.2) is 24.3 Å². The average molecular weight is 265 g/mol. The Morgan fingerprint density at radius 2 is 2.05 bits per heavy atom. The van der Waals surface area contributed by atoms with Crippen molar-refractivity contribution in [1.82, 2.24) is 4.90 Å². The maximum atomic E-state index is 12.0. The van der Waals surface area contributed by atoms with Gasteiger partial charge in [-0.1, -0.05) is 29.8 Å². The van der Waals surface area contributed by atoms with Crippen molar-refractivity contribution in [2.45, 2.75) is 39.3 Å². The first-order valence-electron chi connectivity index (χ1n) is 6.38. The Kier molecular flexibility index (Phi) is 4.95. The normalized spacial score (nSPS) is 12.9. The number of aliphatic hydroxyl groups excluding tert-OH is 1. The minimum absolute atomic E-state index is 0.140. The molecular formula is C15H23NO3. The van der Waals surface area contributed by atoms with Gasteiger partial charge in [0.15, 0.2) is 0 Å². The SMILES string of the molecule is Cc1cccc(C(CO)N(C)C(=O)OC(C)(C)C)c1. The standard InChI is InChI=1S/C15H23NO3/c1-11-7-6-8-12(9-11)13(10-17)16(5)14(18)19-15(2,3)4/h6-9,13,17H,10H2,1-5H3. The van der Waals surface area contributed by atoms with E-state index < -0.39 is 17.7 Å². The van der Waals surface area contributed by atoms with E-state index in [0.717, 1.165) is 11.1 Å². The zero-order valence-electron chi connectivity index (χ0n) is 12.3. The van der Waals surface area contributed by atoms with E-state index in [2.05, 4.69) is 0 Å². The number of aliphatic hydroxyl groups is 1. The summed E-state index contributed by atoms with van der Waals surface area (Å²) in [6.45, 7) is 7.29. The first kappa shape index (κ1) is 15.5. The molecule has 0 spiro atoms. The van der Waals surface area contributed by atoms with Crippen LogP contribution in [0.3, 0.4) is 0 Å². The lowest BCUT2D eigenvalue weighted by Gasteiger charge is -2.30. The van der Waals surface area contributed by atoms with Gasteiger partial charge >= 0.3 is 6.09 Å². The van der Waals surface area contributed by atoms with Gasteiger partial charge in [-0.3, -0.25) is 0 Å². The van der Waals surface area contributed by atoms with Crippen LogP contribution in [0, 0.1) is 6.92 Å². The van der Waals surface area contributed by atoms with Gasteiger partial charge in [-0.05, 0) is 33.3 Å². The average Bonchev–Trinajstić information content (AvgIpc) is 2.27. The topological polar surface area (TPSA) is 49.8 Å². The molecule has 19 heavy (non-hydrogen) atoms. The molecule has 1 amide bonds. The van der Waals surface area contributed by atoms with Crippen molar-refractivity contribution in [3.63, 3.8) is 0 Å². The van der Waals surface area contributed by atoms with Crippen LogP contribution in [0.4, 0.5) is 4.79 Å². The lowest BCUT2D eigenvalue weighted by Crippen LogP contribution is -2.38. The van der Waals surface area contributed by atoms with Crippen molar-refractivity contribution in [3.05, 3.63) is 35.4 Å². The van der Waals surface area contributed by atoms with Gasteiger partial charge in [-0.15, -0.1) is 0 Å². The number of likely N-dealkylation sites (N-methyl/N-ethyl adjacent to an activating group) is 1. The predicted octanol–water partition coefficient (Wildman–Crippen LogP) is 2.90. The van der Waals surface area contributed by atoms with E-state index in [1.165, 1.54) is 4.90 Å². The highest BCUT2D eigenvalue weighted by atomic mass is 16.6. The lowest BCUT2D eigenvalue weighted by atomic mass is 10.0. The molecular weight excluding hydrogens is 242 g/mol. The fourth-order valence-electron chi connectivity index (χ4n) is 1.79. The van der Waals surface area contributed by atoms with Crippen molar-refractivity contribution < 1.29 is 14.6 Å². The number of amides is 1. The van der Waals surface area contributed by atoms with Crippen LogP contribution < -0.4 is 0 Å². The van der Waals surface area contributed by atoms with E-state index >= 15 is 0 Å². The fraction of sp³-hybridized carbons (Fsp3) is 0.533. The van der Waals surface area contributed by atoms with E-state index in [-0.39, 0.29) is 6.61 Å². The molecule has 1 atom stereocenters. The van der Waals surface area contributed by atoms with E-state index in [9.17, 15) is 9.90 Å². The van der Waals surface area contributed by atoms with Crippen molar-refractivity contribution in [2.24, 2.45) is 0 Å². The molecule has 1 rings (SSSR count). The highest BCUT2D eigenvalue weighted by Gasteiger charge is 2.25. The van der Waals surface area contributed by atoms with E-state index in [1.807, 2.05) is 52.0 Å². The molecule has 0 radical (unpaired) electrons. The van der Waals surface area contributed by atoms with Gasteiger partial charge in [-0.25, -0.2) is 4.79 Å². The Labute approximate surface area is 115 Å². The molecule has 4 heteroatoms. The van der Waals surface area contributed by atoms with E-state index in [4.69, 9.17) is 4.74 Å². The summed E-state index contributed by atoms with van der Waals surface area (Å²) in [5.41, 5.74) is 1.45.